The van der Waals surface area contributed by atoms with Gasteiger partial charge in [0.25, 0.3) is 11.8 Å². The van der Waals surface area contributed by atoms with E-state index in [2.05, 4.69) is 5.32 Å². The van der Waals surface area contributed by atoms with Gasteiger partial charge in [0.2, 0.25) is 5.91 Å². The van der Waals surface area contributed by atoms with Gasteiger partial charge in [0.1, 0.15) is 17.0 Å². The molecule has 2 aromatic rings. The molecule has 5 amide bonds. The van der Waals surface area contributed by atoms with Crippen molar-refractivity contribution in [2.45, 2.75) is 45.3 Å². The number of piperazine rings is 1. The van der Waals surface area contributed by atoms with Gasteiger partial charge in [-0.3, -0.25) is 24.2 Å². The van der Waals surface area contributed by atoms with E-state index >= 15 is 4.39 Å². The highest BCUT2D eigenvalue weighted by molar-refractivity contribution is 6.21. The number of rotatable bonds is 7. The first kappa shape index (κ1) is 31.5. The fourth-order valence-corrected chi connectivity index (χ4v) is 5.55. The molecule has 3 heterocycles. The number of cyclic esters (lactones) is 1. The molecule has 0 bridgehead atoms. The number of benzene rings is 2. The molecule has 1 unspecified atom stereocenters. The molecular formula is C31H37FN6O7. The molecule has 5 rings (SSSR count). The van der Waals surface area contributed by atoms with Gasteiger partial charge in [-0.2, -0.15) is 0 Å². The van der Waals surface area contributed by atoms with Crippen LogP contribution in [0.25, 0.3) is 0 Å². The lowest BCUT2D eigenvalue weighted by Crippen LogP contribution is -2.49. The number of hydrogen-bond donors (Lipinski definition) is 2. The number of ether oxygens (including phenoxy) is 2. The lowest BCUT2D eigenvalue weighted by molar-refractivity contribution is -0.131. The van der Waals surface area contributed by atoms with Gasteiger partial charge in [-0.15, -0.1) is 0 Å². The standard InChI is InChI=1S/C31H37FN6O7/c1-30(2,3)44-28(42)34-17-31(4)18-38(29(43)45-31)20-6-8-24(23(32)16-20)35-11-13-36(14-12-35)25(39)9-10-37-26(40)21-7-5-19(33)15-22(21)27(37)41/h5-8,15-16H,9-14,17-18,33H2,1-4H3,(H,34,42). The normalized spacial score (nSPS) is 20.0. The van der Waals surface area contributed by atoms with Crippen LogP contribution >= 0.6 is 0 Å². The number of nitrogen functional groups attached to an aromatic ring is 1. The van der Waals surface area contributed by atoms with E-state index in [4.69, 9.17) is 15.2 Å². The van der Waals surface area contributed by atoms with E-state index in [1.807, 2.05) is 4.90 Å². The number of nitrogens with two attached hydrogens (primary N) is 1. The molecular weight excluding hydrogens is 587 g/mol. The Balaban J connectivity index is 1.12. The molecule has 13 nitrogen and oxygen atoms in total. The van der Waals surface area contributed by atoms with Crippen molar-refractivity contribution in [3.8, 4) is 0 Å². The summed E-state index contributed by atoms with van der Waals surface area (Å²) in [5.41, 5.74) is 5.56. The van der Waals surface area contributed by atoms with Crippen LogP contribution in [0.2, 0.25) is 0 Å². The number of alkyl carbamates (subject to hydrolysis) is 1. The summed E-state index contributed by atoms with van der Waals surface area (Å²) in [6, 6.07) is 9.00. The fourth-order valence-electron chi connectivity index (χ4n) is 5.55. The second kappa shape index (κ2) is 11.9. The maximum atomic E-state index is 15.3. The number of hydrogen-bond acceptors (Lipinski definition) is 9. The van der Waals surface area contributed by atoms with Gasteiger partial charge in [0.15, 0.2) is 0 Å². The van der Waals surface area contributed by atoms with Gasteiger partial charge in [-0.1, -0.05) is 0 Å². The summed E-state index contributed by atoms with van der Waals surface area (Å²) >= 11 is 0. The number of nitrogens with zero attached hydrogens (tertiary/aromatic N) is 4. The van der Waals surface area contributed by atoms with Gasteiger partial charge in [-0.05, 0) is 64.1 Å². The number of fused-ring (bicyclic) bond motifs is 1. The van der Waals surface area contributed by atoms with E-state index in [9.17, 15) is 24.0 Å². The maximum absolute atomic E-state index is 15.3. The SMILES string of the molecule is CC(C)(C)OC(=O)NCC1(C)CN(c2ccc(N3CCN(C(=O)CCN4C(=O)c5ccc(N)cc5C4=O)CC3)c(F)c2)C(=O)O1. The largest absolute Gasteiger partial charge is 0.444 e. The minimum atomic E-state index is -1.04. The molecule has 2 fully saturated rings. The predicted octanol–water partition coefficient (Wildman–Crippen LogP) is 2.98. The van der Waals surface area contributed by atoms with E-state index in [-0.39, 0.29) is 43.1 Å². The van der Waals surface area contributed by atoms with Crippen LogP contribution in [0.3, 0.4) is 0 Å². The first-order valence-electron chi connectivity index (χ1n) is 14.7. The summed E-state index contributed by atoms with van der Waals surface area (Å²) in [4.78, 5) is 68.7. The zero-order chi connectivity index (χ0) is 32.7. The van der Waals surface area contributed by atoms with Crippen molar-refractivity contribution in [2.24, 2.45) is 0 Å². The molecule has 3 aliphatic rings. The van der Waals surface area contributed by atoms with Crippen LogP contribution in [-0.4, -0.2) is 96.7 Å². The van der Waals surface area contributed by atoms with Gasteiger partial charge in [-0.25, -0.2) is 14.0 Å². The Labute approximate surface area is 260 Å². The Kier molecular flexibility index (Phi) is 8.34. The van der Waals surface area contributed by atoms with Crippen molar-refractivity contribution in [3.63, 3.8) is 0 Å². The molecule has 0 saturated carbocycles. The molecule has 0 spiro atoms. The average Bonchev–Trinajstić information content (AvgIpc) is 3.40. The number of amides is 5. The molecule has 0 aromatic heterocycles. The second-order valence-electron chi connectivity index (χ2n) is 12.6. The van der Waals surface area contributed by atoms with Crippen molar-refractivity contribution in [3.05, 3.63) is 53.3 Å². The highest BCUT2D eigenvalue weighted by atomic mass is 19.1. The van der Waals surface area contributed by atoms with E-state index in [0.717, 1.165) is 4.90 Å². The van der Waals surface area contributed by atoms with Crippen molar-refractivity contribution in [2.75, 3.05) is 61.3 Å². The fraction of sp³-hybridized carbons (Fsp3) is 0.452. The average molecular weight is 625 g/mol. The van der Waals surface area contributed by atoms with Gasteiger partial charge >= 0.3 is 12.2 Å². The summed E-state index contributed by atoms with van der Waals surface area (Å²) in [6.07, 6.45) is -1.32. The molecule has 3 aliphatic heterocycles. The zero-order valence-corrected chi connectivity index (χ0v) is 25.7. The Hall–Kier alpha value is -4.88. The number of anilines is 3. The van der Waals surface area contributed by atoms with Crippen molar-refractivity contribution in [1.29, 1.82) is 0 Å². The summed E-state index contributed by atoms with van der Waals surface area (Å²) in [7, 11) is 0. The monoisotopic (exact) mass is 624 g/mol. The highest BCUT2D eigenvalue weighted by Crippen LogP contribution is 2.32. The van der Waals surface area contributed by atoms with Crippen LogP contribution < -0.4 is 20.9 Å². The number of halogens is 1. The summed E-state index contributed by atoms with van der Waals surface area (Å²) in [5, 5.41) is 2.61. The predicted molar refractivity (Wildman–Crippen MR) is 163 cm³/mol. The van der Waals surface area contributed by atoms with Crippen LogP contribution in [0, 0.1) is 5.82 Å². The number of carbonyl (C=O) groups excluding carboxylic acids is 5. The third-order valence-corrected chi connectivity index (χ3v) is 7.81. The summed E-state index contributed by atoms with van der Waals surface area (Å²) in [5.74, 6) is -1.66. The van der Waals surface area contributed by atoms with Crippen LogP contribution in [-0.2, 0) is 14.3 Å². The molecule has 3 N–H and O–H groups in total. The summed E-state index contributed by atoms with van der Waals surface area (Å²) in [6.45, 7) is 8.36. The smallest absolute Gasteiger partial charge is 0.415 e. The van der Waals surface area contributed by atoms with Crippen molar-refractivity contribution in [1.82, 2.24) is 15.1 Å². The topological polar surface area (TPSA) is 155 Å². The minimum absolute atomic E-state index is 0.0150. The first-order chi connectivity index (χ1) is 21.1. The van der Waals surface area contributed by atoms with Crippen molar-refractivity contribution < 1.29 is 37.8 Å². The third-order valence-electron chi connectivity index (χ3n) is 7.81. The number of nitrogens with one attached hydrogen (secondary N) is 1. The lowest BCUT2D eigenvalue weighted by Gasteiger charge is -2.36. The number of imide groups is 1. The van der Waals surface area contributed by atoms with Gasteiger partial charge < -0.3 is 30.3 Å². The Morgan fingerprint density at radius 3 is 2.38 bits per heavy atom. The van der Waals surface area contributed by atoms with Gasteiger partial charge in [0, 0.05) is 44.8 Å². The summed E-state index contributed by atoms with van der Waals surface area (Å²) < 4.78 is 26.1. The molecule has 45 heavy (non-hydrogen) atoms. The second-order valence-corrected chi connectivity index (χ2v) is 12.6. The molecule has 240 valence electrons. The van der Waals surface area contributed by atoms with E-state index in [0.29, 0.717) is 43.2 Å². The van der Waals surface area contributed by atoms with E-state index in [1.54, 1.807) is 50.8 Å². The van der Waals surface area contributed by atoms with Crippen LogP contribution in [0.1, 0.15) is 54.8 Å². The molecule has 14 heteroatoms. The zero-order valence-electron chi connectivity index (χ0n) is 25.7. The van der Waals surface area contributed by atoms with Crippen molar-refractivity contribution >= 4 is 47.0 Å². The molecule has 2 saturated heterocycles. The van der Waals surface area contributed by atoms with Crippen LogP contribution in [0.4, 0.5) is 31.0 Å². The molecule has 1 atom stereocenters. The Bertz CT molecular complexity index is 1550. The van der Waals surface area contributed by atoms with Gasteiger partial charge in [0.05, 0.1) is 35.6 Å². The van der Waals surface area contributed by atoms with E-state index < -0.39 is 41.0 Å². The minimum Gasteiger partial charge on any atom is -0.444 e. The number of carbonyl (C=O) groups is 5. The Morgan fingerprint density at radius 1 is 1.02 bits per heavy atom. The first-order valence-corrected chi connectivity index (χ1v) is 14.7. The molecule has 0 aliphatic carbocycles. The maximum Gasteiger partial charge on any atom is 0.415 e. The Morgan fingerprint density at radius 2 is 1.71 bits per heavy atom. The van der Waals surface area contributed by atoms with Crippen LogP contribution in [0.15, 0.2) is 36.4 Å². The highest BCUT2D eigenvalue weighted by Gasteiger charge is 2.43. The van der Waals surface area contributed by atoms with E-state index in [1.165, 1.54) is 23.1 Å². The molecule has 0 radical (unpaired) electrons. The quantitative estimate of drug-likeness (QED) is 0.350. The third kappa shape index (κ3) is 6.79. The molecule has 2 aromatic carbocycles. The van der Waals surface area contributed by atoms with Crippen LogP contribution in [0.5, 0.6) is 0 Å². The lowest BCUT2D eigenvalue weighted by atomic mass is 10.1.